The maximum Gasteiger partial charge on any atom is 0.251 e. The Balaban J connectivity index is 1.69. The van der Waals surface area contributed by atoms with E-state index >= 15 is 0 Å². The van der Waals surface area contributed by atoms with Gasteiger partial charge in [-0.1, -0.05) is 18.2 Å². The van der Waals surface area contributed by atoms with Crippen molar-refractivity contribution in [2.45, 2.75) is 24.8 Å². The third-order valence-electron chi connectivity index (χ3n) is 3.23. The lowest BCUT2D eigenvalue weighted by atomic mass is 10.2. The van der Waals surface area contributed by atoms with Crippen molar-refractivity contribution < 1.29 is 14.7 Å². The summed E-state index contributed by atoms with van der Waals surface area (Å²) in [5.74, 6) is -0.323. The molecule has 1 aromatic carbocycles. The quantitative estimate of drug-likeness (QED) is 0.696. The molecule has 0 saturated heterocycles. The SMILES string of the molecule is O=C(CCNC(=O)c1ccccc1)NC1(CO)CC1. The molecular weight excluding hydrogens is 244 g/mol. The number of hydrogen-bond acceptors (Lipinski definition) is 3. The van der Waals surface area contributed by atoms with Crippen molar-refractivity contribution in [2.24, 2.45) is 0 Å². The molecule has 1 fully saturated rings. The summed E-state index contributed by atoms with van der Waals surface area (Å²) < 4.78 is 0. The summed E-state index contributed by atoms with van der Waals surface area (Å²) in [6.07, 6.45) is 1.87. The largest absolute Gasteiger partial charge is 0.394 e. The monoisotopic (exact) mass is 262 g/mol. The topological polar surface area (TPSA) is 78.4 Å². The van der Waals surface area contributed by atoms with Crippen LogP contribution in [0.4, 0.5) is 0 Å². The predicted molar refractivity (Wildman–Crippen MR) is 70.6 cm³/mol. The van der Waals surface area contributed by atoms with Gasteiger partial charge in [-0.3, -0.25) is 9.59 Å². The lowest BCUT2D eigenvalue weighted by Gasteiger charge is -2.14. The highest BCUT2D eigenvalue weighted by Gasteiger charge is 2.43. The highest BCUT2D eigenvalue weighted by molar-refractivity contribution is 5.94. The summed E-state index contributed by atoms with van der Waals surface area (Å²) >= 11 is 0. The Labute approximate surface area is 112 Å². The number of carbonyl (C=O) groups excluding carboxylic acids is 2. The molecule has 2 rings (SSSR count). The molecule has 19 heavy (non-hydrogen) atoms. The fourth-order valence-electron chi connectivity index (χ4n) is 1.81. The summed E-state index contributed by atoms with van der Waals surface area (Å²) in [5, 5.41) is 14.6. The molecule has 0 heterocycles. The van der Waals surface area contributed by atoms with Gasteiger partial charge in [0.25, 0.3) is 5.91 Å². The third kappa shape index (κ3) is 3.79. The standard InChI is InChI=1S/C14H18N2O3/c17-10-14(7-8-14)16-12(18)6-9-15-13(19)11-4-2-1-3-5-11/h1-5,17H,6-10H2,(H,15,19)(H,16,18). The van der Waals surface area contributed by atoms with Gasteiger partial charge in [-0.05, 0) is 25.0 Å². The molecule has 1 aliphatic rings. The highest BCUT2D eigenvalue weighted by atomic mass is 16.3. The van der Waals surface area contributed by atoms with Crippen molar-refractivity contribution in [3.8, 4) is 0 Å². The third-order valence-corrected chi connectivity index (χ3v) is 3.23. The molecule has 0 aliphatic heterocycles. The van der Waals surface area contributed by atoms with Gasteiger partial charge in [0.2, 0.25) is 5.91 Å². The van der Waals surface area contributed by atoms with E-state index in [1.165, 1.54) is 0 Å². The number of aliphatic hydroxyl groups is 1. The molecule has 0 atom stereocenters. The molecule has 5 heteroatoms. The van der Waals surface area contributed by atoms with Gasteiger partial charge in [0.05, 0.1) is 12.1 Å². The lowest BCUT2D eigenvalue weighted by Crippen LogP contribution is -2.41. The fourth-order valence-corrected chi connectivity index (χ4v) is 1.81. The number of benzene rings is 1. The molecule has 2 amide bonds. The van der Waals surface area contributed by atoms with Crippen molar-refractivity contribution in [2.75, 3.05) is 13.2 Å². The van der Waals surface area contributed by atoms with E-state index in [2.05, 4.69) is 10.6 Å². The Morgan fingerprint density at radius 3 is 2.47 bits per heavy atom. The van der Waals surface area contributed by atoms with E-state index in [1.54, 1.807) is 24.3 Å². The van der Waals surface area contributed by atoms with E-state index < -0.39 is 0 Å². The number of rotatable bonds is 6. The molecule has 1 aliphatic carbocycles. The van der Waals surface area contributed by atoms with Gasteiger partial charge in [-0.15, -0.1) is 0 Å². The molecular formula is C14H18N2O3. The van der Waals surface area contributed by atoms with E-state index in [0.29, 0.717) is 12.1 Å². The second-order valence-electron chi connectivity index (χ2n) is 4.86. The Morgan fingerprint density at radius 1 is 1.21 bits per heavy atom. The normalized spacial score (nSPS) is 15.6. The Morgan fingerprint density at radius 2 is 1.89 bits per heavy atom. The summed E-state index contributed by atoms with van der Waals surface area (Å²) in [5.41, 5.74) is 0.192. The Bertz CT molecular complexity index is 455. The number of aliphatic hydroxyl groups excluding tert-OH is 1. The summed E-state index contributed by atoms with van der Waals surface area (Å²) in [4.78, 5) is 23.3. The molecule has 1 saturated carbocycles. The molecule has 0 aromatic heterocycles. The molecule has 0 bridgehead atoms. The van der Waals surface area contributed by atoms with Crippen molar-refractivity contribution in [1.29, 1.82) is 0 Å². The minimum atomic E-state index is -0.388. The molecule has 0 radical (unpaired) electrons. The second-order valence-corrected chi connectivity index (χ2v) is 4.86. The summed E-state index contributed by atoms with van der Waals surface area (Å²) in [6, 6.07) is 8.87. The molecule has 0 spiro atoms. The zero-order valence-corrected chi connectivity index (χ0v) is 10.7. The van der Waals surface area contributed by atoms with Gasteiger partial charge in [-0.25, -0.2) is 0 Å². The van der Waals surface area contributed by atoms with Crippen LogP contribution in [0.3, 0.4) is 0 Å². The van der Waals surface area contributed by atoms with Crippen molar-refractivity contribution >= 4 is 11.8 Å². The van der Waals surface area contributed by atoms with Crippen molar-refractivity contribution in [3.63, 3.8) is 0 Å². The maximum absolute atomic E-state index is 11.7. The first-order chi connectivity index (χ1) is 9.15. The highest BCUT2D eigenvalue weighted by Crippen LogP contribution is 2.34. The minimum absolute atomic E-state index is 0.0187. The van der Waals surface area contributed by atoms with Crippen molar-refractivity contribution in [3.05, 3.63) is 35.9 Å². The average Bonchev–Trinajstić information content (AvgIpc) is 3.20. The lowest BCUT2D eigenvalue weighted by molar-refractivity contribution is -0.122. The van der Waals surface area contributed by atoms with Gasteiger partial charge in [0.1, 0.15) is 0 Å². The van der Waals surface area contributed by atoms with Gasteiger partial charge in [0.15, 0.2) is 0 Å². The van der Waals surface area contributed by atoms with E-state index in [4.69, 9.17) is 5.11 Å². The van der Waals surface area contributed by atoms with E-state index in [0.717, 1.165) is 12.8 Å². The van der Waals surface area contributed by atoms with Gasteiger partial charge < -0.3 is 15.7 Å². The average molecular weight is 262 g/mol. The number of hydrogen-bond donors (Lipinski definition) is 3. The first kappa shape index (κ1) is 13.5. The summed E-state index contributed by atoms with van der Waals surface area (Å²) in [6.45, 7) is 0.274. The van der Waals surface area contributed by atoms with E-state index in [9.17, 15) is 9.59 Å². The van der Waals surface area contributed by atoms with Crippen LogP contribution < -0.4 is 10.6 Å². The van der Waals surface area contributed by atoms with E-state index in [1.807, 2.05) is 6.07 Å². The van der Waals surface area contributed by atoms with Crippen LogP contribution >= 0.6 is 0 Å². The smallest absolute Gasteiger partial charge is 0.251 e. The Kier molecular flexibility index (Phi) is 4.16. The minimum Gasteiger partial charge on any atom is -0.394 e. The van der Waals surface area contributed by atoms with Crippen LogP contribution in [-0.2, 0) is 4.79 Å². The first-order valence-corrected chi connectivity index (χ1v) is 6.40. The molecule has 1 aromatic rings. The summed E-state index contributed by atoms with van der Waals surface area (Å²) in [7, 11) is 0. The Hall–Kier alpha value is -1.88. The van der Waals surface area contributed by atoms with Crippen LogP contribution in [0, 0.1) is 0 Å². The van der Waals surface area contributed by atoms with Gasteiger partial charge in [-0.2, -0.15) is 0 Å². The molecule has 5 nitrogen and oxygen atoms in total. The van der Waals surface area contributed by atoms with E-state index in [-0.39, 0.29) is 30.4 Å². The van der Waals surface area contributed by atoms with Gasteiger partial charge in [0, 0.05) is 18.5 Å². The fraction of sp³-hybridized carbons (Fsp3) is 0.429. The zero-order valence-electron chi connectivity index (χ0n) is 10.7. The van der Waals surface area contributed by atoms with Crippen LogP contribution in [0.2, 0.25) is 0 Å². The van der Waals surface area contributed by atoms with Gasteiger partial charge >= 0.3 is 0 Å². The van der Waals surface area contributed by atoms with Crippen LogP contribution in [0.5, 0.6) is 0 Å². The maximum atomic E-state index is 11.7. The van der Waals surface area contributed by atoms with Crippen molar-refractivity contribution in [1.82, 2.24) is 10.6 Å². The molecule has 0 unspecified atom stereocenters. The molecule has 102 valence electrons. The van der Waals surface area contributed by atoms with Crippen LogP contribution in [0.15, 0.2) is 30.3 Å². The number of carbonyl (C=O) groups is 2. The molecule has 3 N–H and O–H groups in total. The first-order valence-electron chi connectivity index (χ1n) is 6.40. The van der Waals surface area contributed by atoms with Crippen LogP contribution in [-0.4, -0.2) is 35.6 Å². The number of amides is 2. The second kappa shape index (κ2) is 5.84. The number of nitrogens with one attached hydrogen (secondary N) is 2. The zero-order chi connectivity index (χ0) is 13.7. The van der Waals surface area contributed by atoms with Crippen LogP contribution in [0.1, 0.15) is 29.6 Å². The van der Waals surface area contributed by atoms with Crippen LogP contribution in [0.25, 0.3) is 0 Å². The predicted octanol–water partition coefficient (Wildman–Crippen LogP) is 0.448.